The molecule has 1 saturated heterocycles. The van der Waals surface area contributed by atoms with Gasteiger partial charge in [0.1, 0.15) is 5.82 Å². The lowest BCUT2D eigenvalue weighted by atomic mass is 10.2. The lowest BCUT2D eigenvalue weighted by Gasteiger charge is -2.20. The highest BCUT2D eigenvalue weighted by Crippen LogP contribution is 2.19. The minimum absolute atomic E-state index is 0.0119. The Morgan fingerprint density at radius 2 is 2.18 bits per heavy atom. The maximum absolute atomic E-state index is 9.15. The molecule has 5 nitrogen and oxygen atoms in total. The van der Waals surface area contributed by atoms with E-state index >= 15 is 0 Å². The SMILES string of the molecule is CC(C#N)Cn1c(CN2CCCNCC2)nc2ccccc21. The Morgan fingerprint density at radius 1 is 1.32 bits per heavy atom. The van der Waals surface area contributed by atoms with E-state index in [0.717, 1.165) is 49.6 Å². The van der Waals surface area contributed by atoms with Crippen LogP contribution in [0, 0.1) is 17.2 Å². The highest BCUT2D eigenvalue weighted by molar-refractivity contribution is 5.75. The molecule has 3 rings (SSSR count). The summed E-state index contributed by atoms with van der Waals surface area (Å²) in [6, 6.07) is 10.5. The summed E-state index contributed by atoms with van der Waals surface area (Å²) in [6.07, 6.45) is 1.18. The van der Waals surface area contributed by atoms with Crippen LogP contribution in [-0.4, -0.2) is 40.6 Å². The second-order valence-electron chi connectivity index (χ2n) is 6.04. The molecule has 0 aliphatic carbocycles. The molecular weight excluding hydrogens is 274 g/mol. The van der Waals surface area contributed by atoms with Gasteiger partial charge in [0.15, 0.2) is 0 Å². The van der Waals surface area contributed by atoms with Crippen molar-refractivity contribution in [3.63, 3.8) is 0 Å². The molecule has 1 aromatic heterocycles. The van der Waals surface area contributed by atoms with Crippen LogP contribution in [-0.2, 0) is 13.1 Å². The second-order valence-corrected chi connectivity index (χ2v) is 6.04. The van der Waals surface area contributed by atoms with Crippen molar-refractivity contribution in [1.29, 1.82) is 5.26 Å². The van der Waals surface area contributed by atoms with Gasteiger partial charge in [0.05, 0.1) is 29.6 Å². The number of fused-ring (bicyclic) bond motifs is 1. The van der Waals surface area contributed by atoms with E-state index in [0.29, 0.717) is 6.54 Å². The zero-order valence-corrected chi connectivity index (χ0v) is 13.1. The monoisotopic (exact) mass is 297 g/mol. The molecule has 22 heavy (non-hydrogen) atoms. The summed E-state index contributed by atoms with van der Waals surface area (Å²) in [5, 5.41) is 12.6. The van der Waals surface area contributed by atoms with Crippen molar-refractivity contribution in [1.82, 2.24) is 19.8 Å². The first-order valence-corrected chi connectivity index (χ1v) is 8.05. The van der Waals surface area contributed by atoms with E-state index in [-0.39, 0.29) is 5.92 Å². The molecule has 1 atom stereocenters. The van der Waals surface area contributed by atoms with Gasteiger partial charge in [-0.2, -0.15) is 5.26 Å². The Kier molecular flexibility index (Phi) is 4.71. The highest BCUT2D eigenvalue weighted by Gasteiger charge is 2.16. The Bertz CT molecular complexity index is 661. The molecule has 5 heteroatoms. The summed E-state index contributed by atoms with van der Waals surface area (Å²) in [5.74, 6) is 1.06. The van der Waals surface area contributed by atoms with Crippen molar-refractivity contribution in [2.24, 2.45) is 5.92 Å². The zero-order valence-electron chi connectivity index (χ0n) is 13.1. The lowest BCUT2D eigenvalue weighted by Crippen LogP contribution is -2.29. The van der Waals surface area contributed by atoms with Crippen LogP contribution in [0.4, 0.5) is 0 Å². The molecule has 1 N–H and O–H groups in total. The molecule has 1 fully saturated rings. The number of nitrogens with one attached hydrogen (secondary N) is 1. The quantitative estimate of drug-likeness (QED) is 0.937. The van der Waals surface area contributed by atoms with E-state index in [9.17, 15) is 0 Å². The van der Waals surface area contributed by atoms with Crippen LogP contribution >= 0.6 is 0 Å². The molecule has 1 unspecified atom stereocenters. The van der Waals surface area contributed by atoms with Gasteiger partial charge in [0, 0.05) is 19.6 Å². The summed E-state index contributed by atoms with van der Waals surface area (Å²) in [5.41, 5.74) is 2.16. The largest absolute Gasteiger partial charge is 0.326 e. The lowest BCUT2D eigenvalue weighted by molar-refractivity contribution is 0.272. The van der Waals surface area contributed by atoms with Crippen LogP contribution in [0.1, 0.15) is 19.2 Å². The third-order valence-electron chi connectivity index (χ3n) is 4.21. The average molecular weight is 297 g/mol. The number of imidazole rings is 1. The number of benzene rings is 1. The molecule has 2 aromatic rings. The van der Waals surface area contributed by atoms with Gasteiger partial charge < -0.3 is 9.88 Å². The molecular formula is C17H23N5. The summed E-state index contributed by atoms with van der Waals surface area (Å²) in [4.78, 5) is 7.27. The van der Waals surface area contributed by atoms with E-state index in [1.165, 1.54) is 6.42 Å². The Balaban J connectivity index is 1.89. The Morgan fingerprint density at radius 3 is 3.05 bits per heavy atom. The Hall–Kier alpha value is -1.90. The second kappa shape index (κ2) is 6.91. The predicted molar refractivity (Wildman–Crippen MR) is 87.3 cm³/mol. The molecule has 1 aliphatic heterocycles. The van der Waals surface area contributed by atoms with Gasteiger partial charge in [0.25, 0.3) is 0 Å². The number of hydrogen-bond acceptors (Lipinski definition) is 4. The van der Waals surface area contributed by atoms with E-state index in [1.54, 1.807) is 0 Å². The Labute approximate surface area is 131 Å². The van der Waals surface area contributed by atoms with Gasteiger partial charge in [-0.15, -0.1) is 0 Å². The van der Waals surface area contributed by atoms with Crippen LogP contribution in [0.2, 0.25) is 0 Å². The van der Waals surface area contributed by atoms with E-state index in [4.69, 9.17) is 10.2 Å². The van der Waals surface area contributed by atoms with E-state index < -0.39 is 0 Å². The minimum atomic E-state index is -0.0119. The van der Waals surface area contributed by atoms with Crippen LogP contribution in [0.5, 0.6) is 0 Å². The summed E-state index contributed by atoms with van der Waals surface area (Å²) < 4.78 is 2.22. The third-order valence-corrected chi connectivity index (χ3v) is 4.21. The predicted octanol–water partition coefficient (Wildman–Crippen LogP) is 1.99. The fourth-order valence-electron chi connectivity index (χ4n) is 3.02. The first kappa shape index (κ1) is 15.0. The zero-order chi connectivity index (χ0) is 15.4. The van der Waals surface area contributed by atoms with Gasteiger partial charge in [-0.25, -0.2) is 4.98 Å². The van der Waals surface area contributed by atoms with E-state index in [2.05, 4.69) is 33.0 Å². The number of nitrogens with zero attached hydrogens (tertiary/aromatic N) is 4. The number of hydrogen-bond donors (Lipinski definition) is 1. The molecule has 116 valence electrons. The molecule has 0 amide bonds. The fraction of sp³-hybridized carbons (Fsp3) is 0.529. The van der Waals surface area contributed by atoms with Crippen molar-refractivity contribution in [3.05, 3.63) is 30.1 Å². The number of aromatic nitrogens is 2. The van der Waals surface area contributed by atoms with Gasteiger partial charge in [-0.3, -0.25) is 4.90 Å². The maximum atomic E-state index is 9.15. The number of nitriles is 1. The van der Waals surface area contributed by atoms with Crippen molar-refractivity contribution in [3.8, 4) is 6.07 Å². The molecule has 0 saturated carbocycles. The molecule has 2 heterocycles. The normalized spacial score (nSPS) is 18.0. The minimum Gasteiger partial charge on any atom is -0.326 e. The van der Waals surface area contributed by atoms with Crippen LogP contribution in [0.3, 0.4) is 0 Å². The highest BCUT2D eigenvalue weighted by atomic mass is 15.2. The van der Waals surface area contributed by atoms with E-state index in [1.807, 2.05) is 19.1 Å². The molecule has 1 aliphatic rings. The van der Waals surface area contributed by atoms with Crippen molar-refractivity contribution >= 4 is 11.0 Å². The molecule has 0 radical (unpaired) electrons. The fourth-order valence-corrected chi connectivity index (χ4v) is 3.02. The standard InChI is InChI=1S/C17H23N5/c1-14(11-18)12-22-16-6-3-2-5-15(16)20-17(22)13-21-9-4-7-19-8-10-21/h2-3,5-6,14,19H,4,7-10,12-13H2,1H3. The van der Waals surface area contributed by atoms with Gasteiger partial charge in [-0.05, 0) is 38.6 Å². The summed E-state index contributed by atoms with van der Waals surface area (Å²) >= 11 is 0. The summed E-state index contributed by atoms with van der Waals surface area (Å²) in [6.45, 7) is 7.82. The van der Waals surface area contributed by atoms with Crippen molar-refractivity contribution in [2.75, 3.05) is 26.2 Å². The molecule has 1 aromatic carbocycles. The van der Waals surface area contributed by atoms with Crippen molar-refractivity contribution < 1.29 is 0 Å². The average Bonchev–Trinajstić information content (AvgIpc) is 2.71. The van der Waals surface area contributed by atoms with Gasteiger partial charge in [-0.1, -0.05) is 12.1 Å². The van der Waals surface area contributed by atoms with Crippen LogP contribution < -0.4 is 5.32 Å². The number of rotatable bonds is 4. The van der Waals surface area contributed by atoms with Crippen LogP contribution in [0.25, 0.3) is 11.0 Å². The summed E-state index contributed by atoms with van der Waals surface area (Å²) in [7, 11) is 0. The molecule has 0 spiro atoms. The topological polar surface area (TPSA) is 56.9 Å². The maximum Gasteiger partial charge on any atom is 0.124 e. The van der Waals surface area contributed by atoms with Gasteiger partial charge in [0.2, 0.25) is 0 Å². The number of para-hydroxylation sites is 2. The third kappa shape index (κ3) is 3.29. The first-order chi connectivity index (χ1) is 10.8. The smallest absolute Gasteiger partial charge is 0.124 e. The van der Waals surface area contributed by atoms with Crippen molar-refractivity contribution in [2.45, 2.75) is 26.4 Å². The first-order valence-electron chi connectivity index (χ1n) is 8.05. The van der Waals surface area contributed by atoms with Gasteiger partial charge >= 0.3 is 0 Å². The molecule has 0 bridgehead atoms. The van der Waals surface area contributed by atoms with Crippen LogP contribution in [0.15, 0.2) is 24.3 Å².